The number of aliphatic imine (C=N–C) groups is 1. The zero-order valence-electron chi connectivity index (χ0n) is 5.89. The number of isothiocyanates is 1. The first kappa shape index (κ1) is 7.09. The number of fused-ring (bicyclic) bond motifs is 1. The first-order valence-electron chi connectivity index (χ1n) is 3.20. The van der Waals surface area contributed by atoms with E-state index in [2.05, 4.69) is 32.5 Å². The molecule has 0 aliphatic carbocycles. The quantitative estimate of drug-likeness (QED) is 0.493. The van der Waals surface area contributed by atoms with E-state index < -0.39 is 0 Å². The van der Waals surface area contributed by atoms with E-state index in [0.717, 1.165) is 5.39 Å². The van der Waals surface area contributed by atoms with Gasteiger partial charge in [0.15, 0.2) is 0 Å². The highest BCUT2D eigenvalue weighted by molar-refractivity contribution is 7.78. The Hall–Kier alpha value is -1.58. The molecule has 58 valence electrons. The third-order valence-corrected chi connectivity index (χ3v) is 1.47. The van der Waals surface area contributed by atoms with E-state index in [-0.39, 0.29) is 0 Å². The molecule has 0 spiro atoms. The lowest BCUT2D eigenvalue weighted by atomic mass is 10.3. The topological polar surface area (TPSA) is 51.3 Å². The van der Waals surface area contributed by atoms with E-state index in [4.69, 9.17) is 4.52 Å². The molecule has 0 aromatic carbocycles. The monoisotopic (exact) mass is 177 g/mol. The number of rotatable bonds is 1. The van der Waals surface area contributed by atoms with Crippen LogP contribution in [0.4, 0.5) is 5.82 Å². The smallest absolute Gasteiger partial charge is 0.260 e. The molecule has 5 heteroatoms. The molecule has 0 amide bonds. The predicted molar refractivity (Wildman–Crippen MR) is 46.5 cm³/mol. The second-order valence-corrected chi connectivity index (χ2v) is 2.25. The van der Waals surface area contributed by atoms with E-state index in [1.807, 2.05) is 6.07 Å². The van der Waals surface area contributed by atoms with Gasteiger partial charge in [-0.15, -0.1) is 0 Å². The number of thiocarbonyl (C=S) groups is 1. The number of aromatic nitrogens is 2. The first-order valence-corrected chi connectivity index (χ1v) is 3.61. The Labute approximate surface area is 72.9 Å². The summed E-state index contributed by atoms with van der Waals surface area (Å²) in [6.07, 6.45) is 1.62. The molecule has 0 unspecified atom stereocenters. The lowest BCUT2D eigenvalue weighted by Crippen LogP contribution is -1.68. The van der Waals surface area contributed by atoms with Gasteiger partial charge in [0.1, 0.15) is 0 Å². The van der Waals surface area contributed by atoms with Gasteiger partial charge in [-0.25, -0.2) is 4.98 Å². The normalized spacial score (nSPS) is 9.67. The lowest BCUT2D eigenvalue weighted by Gasteiger charge is -1.81. The molecule has 2 rings (SSSR count). The average molecular weight is 177 g/mol. The molecule has 0 bridgehead atoms. The molecule has 2 aromatic rings. The van der Waals surface area contributed by atoms with Crippen molar-refractivity contribution in [2.45, 2.75) is 0 Å². The van der Waals surface area contributed by atoms with Crippen LogP contribution in [0, 0.1) is 0 Å². The van der Waals surface area contributed by atoms with Gasteiger partial charge in [-0.05, 0) is 24.4 Å². The Morgan fingerprint density at radius 1 is 1.58 bits per heavy atom. The van der Waals surface area contributed by atoms with E-state index in [9.17, 15) is 0 Å². The number of hydrogen-bond donors (Lipinski definition) is 0. The molecule has 0 radical (unpaired) electrons. The lowest BCUT2D eigenvalue weighted by molar-refractivity contribution is 0.451. The zero-order valence-corrected chi connectivity index (χ0v) is 6.71. The third kappa shape index (κ3) is 1.01. The van der Waals surface area contributed by atoms with Gasteiger partial charge in [0.05, 0.1) is 10.5 Å². The number of pyridine rings is 1. The molecule has 0 N–H and O–H groups in total. The largest absolute Gasteiger partial charge is 0.334 e. The maximum Gasteiger partial charge on any atom is 0.260 e. The second-order valence-electron chi connectivity index (χ2n) is 2.07. The molecule has 0 saturated heterocycles. The Balaban J connectivity index is 2.78. The van der Waals surface area contributed by atoms with Crippen molar-refractivity contribution < 1.29 is 4.52 Å². The number of hydrogen-bond acceptors (Lipinski definition) is 5. The molecular weight excluding hydrogens is 174 g/mol. The van der Waals surface area contributed by atoms with Crippen LogP contribution in [0.3, 0.4) is 0 Å². The molecule has 2 aromatic heterocycles. The van der Waals surface area contributed by atoms with Crippen molar-refractivity contribution in [1.29, 1.82) is 0 Å². The van der Waals surface area contributed by atoms with Gasteiger partial charge in [-0.1, -0.05) is 5.16 Å². The Kier molecular flexibility index (Phi) is 1.66. The first-order chi connectivity index (χ1) is 5.92. The van der Waals surface area contributed by atoms with Crippen LogP contribution in [0.15, 0.2) is 27.8 Å². The fraction of sp³-hybridized carbons (Fsp3) is 0. The van der Waals surface area contributed by atoms with Gasteiger partial charge in [0.2, 0.25) is 5.82 Å². The molecular formula is C7H3N3OS. The highest BCUT2D eigenvalue weighted by Gasteiger charge is 2.05. The summed E-state index contributed by atoms with van der Waals surface area (Å²) in [5, 5.41) is 6.62. The maximum absolute atomic E-state index is 4.86. The predicted octanol–water partition coefficient (Wildman–Crippen LogP) is 1.96. The van der Waals surface area contributed by atoms with E-state index in [1.54, 1.807) is 12.3 Å². The summed E-state index contributed by atoms with van der Waals surface area (Å²) in [6.45, 7) is 0. The van der Waals surface area contributed by atoms with Crippen molar-refractivity contribution in [2.75, 3.05) is 0 Å². The summed E-state index contributed by atoms with van der Waals surface area (Å²) in [5.74, 6) is 0.424. The van der Waals surface area contributed by atoms with Crippen molar-refractivity contribution in [3.63, 3.8) is 0 Å². The third-order valence-electron chi connectivity index (χ3n) is 1.38. The molecule has 0 atom stereocenters. The van der Waals surface area contributed by atoms with Gasteiger partial charge in [0, 0.05) is 6.20 Å². The van der Waals surface area contributed by atoms with Crippen LogP contribution in [0.1, 0.15) is 0 Å². The van der Waals surface area contributed by atoms with Gasteiger partial charge in [-0.2, -0.15) is 4.99 Å². The van der Waals surface area contributed by atoms with E-state index in [1.165, 1.54) is 0 Å². The molecule has 2 heterocycles. The van der Waals surface area contributed by atoms with Gasteiger partial charge in [0.25, 0.3) is 5.71 Å². The van der Waals surface area contributed by atoms with Gasteiger partial charge >= 0.3 is 0 Å². The highest BCUT2D eigenvalue weighted by Crippen LogP contribution is 2.21. The van der Waals surface area contributed by atoms with Crippen LogP contribution >= 0.6 is 12.2 Å². The van der Waals surface area contributed by atoms with Crippen LogP contribution in [-0.4, -0.2) is 15.3 Å². The SMILES string of the molecule is S=C=Nc1noc2ncccc12. The summed E-state index contributed by atoms with van der Waals surface area (Å²) in [5.41, 5.74) is 0.460. The van der Waals surface area contributed by atoms with E-state index in [0.29, 0.717) is 11.5 Å². The highest BCUT2D eigenvalue weighted by atomic mass is 32.1. The minimum atomic E-state index is 0.424. The summed E-state index contributed by atoms with van der Waals surface area (Å²) in [4.78, 5) is 7.65. The minimum absolute atomic E-state index is 0.424. The average Bonchev–Trinajstić information content (AvgIpc) is 2.50. The molecule has 0 aliphatic heterocycles. The van der Waals surface area contributed by atoms with Crippen LogP contribution in [0.5, 0.6) is 0 Å². The van der Waals surface area contributed by atoms with Crippen molar-refractivity contribution in [3.05, 3.63) is 18.3 Å². The van der Waals surface area contributed by atoms with Crippen molar-refractivity contribution in [3.8, 4) is 0 Å². The Morgan fingerprint density at radius 2 is 2.50 bits per heavy atom. The fourth-order valence-electron chi connectivity index (χ4n) is 0.893. The molecule has 4 nitrogen and oxygen atoms in total. The standard InChI is InChI=1S/C7H3N3OS/c12-4-9-6-5-2-1-3-8-7(5)11-10-6/h1-3H. The van der Waals surface area contributed by atoms with Gasteiger partial charge in [-0.3, -0.25) is 0 Å². The van der Waals surface area contributed by atoms with Crippen LogP contribution in [0.2, 0.25) is 0 Å². The summed E-state index contributed by atoms with van der Waals surface area (Å²) < 4.78 is 4.86. The van der Waals surface area contributed by atoms with Crippen LogP contribution < -0.4 is 0 Å². The summed E-state index contributed by atoms with van der Waals surface area (Å²) >= 11 is 4.44. The maximum atomic E-state index is 4.86. The molecule has 0 saturated carbocycles. The van der Waals surface area contributed by atoms with E-state index >= 15 is 0 Å². The van der Waals surface area contributed by atoms with Crippen molar-refractivity contribution >= 4 is 34.3 Å². The Bertz CT molecular complexity index is 458. The van der Waals surface area contributed by atoms with Crippen molar-refractivity contribution in [1.82, 2.24) is 10.1 Å². The zero-order chi connectivity index (χ0) is 8.39. The summed E-state index contributed by atoms with van der Waals surface area (Å²) in [6, 6.07) is 3.59. The van der Waals surface area contributed by atoms with Crippen LogP contribution in [-0.2, 0) is 0 Å². The molecule has 0 fully saturated rings. The minimum Gasteiger partial charge on any atom is -0.334 e. The number of nitrogens with zero attached hydrogens (tertiary/aromatic N) is 3. The fourth-order valence-corrected chi connectivity index (χ4v) is 0.980. The van der Waals surface area contributed by atoms with Crippen LogP contribution in [0.25, 0.3) is 11.1 Å². The van der Waals surface area contributed by atoms with Crippen molar-refractivity contribution in [2.24, 2.45) is 4.99 Å². The molecule has 0 aliphatic rings. The molecule has 12 heavy (non-hydrogen) atoms. The second kappa shape index (κ2) is 2.81. The van der Waals surface area contributed by atoms with Gasteiger partial charge < -0.3 is 4.52 Å². The Morgan fingerprint density at radius 3 is 3.33 bits per heavy atom. The summed E-state index contributed by atoms with van der Waals surface area (Å²) in [7, 11) is 0.